The van der Waals surface area contributed by atoms with Crippen LogP contribution in [0.3, 0.4) is 0 Å². The van der Waals surface area contributed by atoms with E-state index < -0.39 is 0 Å². The van der Waals surface area contributed by atoms with Gasteiger partial charge in [0.15, 0.2) is 0 Å². The maximum atomic E-state index is 2.97. The topological polar surface area (TPSA) is 0 Å². The van der Waals surface area contributed by atoms with Gasteiger partial charge in [-0.05, 0) is 24.0 Å². The average Bonchev–Trinajstić information content (AvgIpc) is 3.70. The normalized spacial score (nSPS) is 9.56. The van der Waals surface area contributed by atoms with Crippen molar-refractivity contribution >= 4 is 31.8 Å². The molecule has 0 bridgehead atoms. The second-order valence-corrected chi connectivity index (χ2v) is 10.5. The van der Waals surface area contributed by atoms with E-state index in [9.17, 15) is 0 Å². The number of hydrogen-bond acceptors (Lipinski definition) is 0. The summed E-state index contributed by atoms with van der Waals surface area (Å²) >= 11 is 0. The third-order valence-corrected chi connectivity index (χ3v) is 7.56. The second-order valence-electron chi connectivity index (χ2n) is 10.5. The predicted molar refractivity (Wildman–Crippen MR) is 190 cm³/mol. The van der Waals surface area contributed by atoms with Gasteiger partial charge in [0.25, 0.3) is 0 Å². The third kappa shape index (κ3) is 12.5. The summed E-state index contributed by atoms with van der Waals surface area (Å²) in [4.78, 5) is 0. The number of aryl methyl sites for hydroxylation is 2. The summed E-state index contributed by atoms with van der Waals surface area (Å²) in [6, 6.07) is 43.5. The molecule has 0 saturated carbocycles. The third-order valence-electron chi connectivity index (χ3n) is 7.56. The van der Waals surface area contributed by atoms with Crippen LogP contribution >= 0.6 is 0 Å². The van der Waals surface area contributed by atoms with E-state index in [2.05, 4.69) is 159 Å². The Labute approximate surface area is 307 Å². The van der Waals surface area contributed by atoms with E-state index in [1.165, 1.54) is 80.6 Å². The smallest absolute Gasteiger partial charge is 1.00 e. The van der Waals surface area contributed by atoms with Crippen LogP contribution in [0.15, 0.2) is 121 Å². The van der Waals surface area contributed by atoms with Gasteiger partial charge in [0, 0.05) is 10.2 Å². The van der Waals surface area contributed by atoms with E-state index in [1.54, 1.807) is 6.55 Å². The Morgan fingerprint density at radius 1 is 0.489 bits per heavy atom. The minimum atomic E-state index is 0. The van der Waals surface area contributed by atoms with Crippen molar-refractivity contribution in [2.24, 2.45) is 0 Å². The first kappa shape index (κ1) is 42.8. The van der Waals surface area contributed by atoms with E-state index in [1.807, 2.05) is 0 Å². The molecule has 0 N–H and O–H groups in total. The van der Waals surface area contributed by atoms with Crippen molar-refractivity contribution in [3.05, 3.63) is 132 Å². The summed E-state index contributed by atoms with van der Waals surface area (Å²) in [6.45, 7) is 10.7. The van der Waals surface area contributed by atoms with Crippen molar-refractivity contribution in [1.29, 1.82) is 0 Å². The molecule has 0 aliphatic carbocycles. The molecule has 0 aromatic heterocycles. The zero-order valence-electron chi connectivity index (χ0n) is 27.5. The first-order valence-electron chi connectivity index (χ1n) is 15.7. The quantitative estimate of drug-likeness (QED) is 0.1000. The van der Waals surface area contributed by atoms with Crippen LogP contribution in [-0.2, 0) is 38.7 Å². The molecule has 0 aliphatic rings. The maximum Gasteiger partial charge on any atom is 4.00 e. The molecule has 4 heteroatoms. The molecule has 45 heavy (non-hydrogen) atoms. The number of halogens is 2. The molecule has 0 fully saturated rings. The summed E-state index contributed by atoms with van der Waals surface area (Å²) in [5.41, 5.74) is 8.11. The Bertz CT molecular complexity index is 1460. The summed E-state index contributed by atoms with van der Waals surface area (Å²) in [7, 11) is 2.97. The monoisotopic (exact) mass is 817 g/mol. The molecular weight excluding hydrogens is 770 g/mol. The molecule has 0 unspecified atom stereocenters. The maximum absolute atomic E-state index is 2.97. The Morgan fingerprint density at radius 2 is 0.844 bits per heavy atom. The van der Waals surface area contributed by atoms with E-state index in [-0.39, 0.29) is 50.7 Å². The summed E-state index contributed by atoms with van der Waals surface area (Å²) in [5, 5.41) is 5.44. The van der Waals surface area contributed by atoms with Gasteiger partial charge >= 0.3 is 25.8 Å². The van der Waals surface area contributed by atoms with Crippen LogP contribution in [-0.4, -0.2) is 10.2 Å². The van der Waals surface area contributed by atoms with Crippen molar-refractivity contribution < 1.29 is 50.7 Å². The fraction of sp³-hybridized carbons (Fsp3) is 0.268. The molecule has 6 aromatic carbocycles. The van der Waals surface area contributed by atoms with Gasteiger partial charge in [-0.25, -0.2) is 0 Å². The minimum absolute atomic E-state index is 0. The molecule has 6 rings (SSSR count). The number of rotatable bonds is 7. The molecule has 0 saturated heterocycles. The summed E-state index contributed by atoms with van der Waals surface area (Å²) in [6.07, 6.45) is 7.74. The Kier molecular flexibility index (Phi) is 22.8. The first-order valence-corrected chi connectivity index (χ1v) is 16.7. The number of hydrogen-bond donors (Lipinski definition) is 0. The molecule has 6 aromatic rings. The van der Waals surface area contributed by atoms with E-state index >= 15 is 0 Å². The number of unbranched alkanes of at least 4 members (excludes halogenated alkanes) is 3. The van der Waals surface area contributed by atoms with Gasteiger partial charge < -0.3 is 24.8 Å². The van der Waals surface area contributed by atoms with Crippen LogP contribution in [0.2, 0.25) is 6.55 Å². The Morgan fingerprint density at radius 3 is 1.16 bits per heavy atom. The molecule has 0 atom stereocenters. The molecule has 0 nitrogen and oxygen atoms in total. The van der Waals surface area contributed by atoms with Crippen LogP contribution in [0.5, 0.6) is 0 Å². The first-order chi connectivity index (χ1) is 20.7. The van der Waals surface area contributed by atoms with Gasteiger partial charge in [0.1, 0.15) is 0 Å². The predicted octanol–water partition coefficient (Wildman–Crippen LogP) is 6.37. The number of benzene rings is 4. The van der Waals surface area contributed by atoms with Gasteiger partial charge in [-0.1, -0.05) is 144 Å². The SMILES string of the molecule is CCCCCC.CCc1cc2c(-c3ccccc3)cccc2[cH-]1.CCc1cc2c(-c3ccccc3)cccc2[cH-]1.C[Si].[Cl-].[Cl-].[Hf+4]. The van der Waals surface area contributed by atoms with Crippen molar-refractivity contribution in [3.8, 4) is 22.3 Å². The molecule has 0 aliphatic heterocycles. The number of fused-ring (bicyclic) bond motifs is 2. The van der Waals surface area contributed by atoms with Crippen LogP contribution in [0.4, 0.5) is 0 Å². The molecule has 3 radical (unpaired) electrons. The molecule has 233 valence electrons. The van der Waals surface area contributed by atoms with E-state index in [0.29, 0.717) is 0 Å². The van der Waals surface area contributed by atoms with Crippen molar-refractivity contribution in [2.75, 3.05) is 0 Å². The van der Waals surface area contributed by atoms with Crippen molar-refractivity contribution in [2.45, 2.75) is 72.8 Å². The minimum Gasteiger partial charge on any atom is -1.00 e. The summed E-state index contributed by atoms with van der Waals surface area (Å²) in [5.74, 6) is 0. The molecule has 0 spiro atoms. The van der Waals surface area contributed by atoms with Crippen LogP contribution in [0.25, 0.3) is 43.8 Å². The van der Waals surface area contributed by atoms with Gasteiger partial charge in [0.2, 0.25) is 0 Å². The van der Waals surface area contributed by atoms with Crippen molar-refractivity contribution in [3.63, 3.8) is 0 Å². The van der Waals surface area contributed by atoms with Gasteiger partial charge in [-0.2, -0.15) is 12.1 Å². The summed E-state index contributed by atoms with van der Waals surface area (Å²) < 4.78 is 0. The van der Waals surface area contributed by atoms with Gasteiger partial charge in [0.05, 0.1) is 0 Å². The largest absolute Gasteiger partial charge is 4.00 e. The van der Waals surface area contributed by atoms with Crippen LogP contribution in [0.1, 0.15) is 64.5 Å². The van der Waals surface area contributed by atoms with E-state index in [4.69, 9.17) is 0 Å². The second kappa shape index (κ2) is 24.0. The van der Waals surface area contributed by atoms with Crippen LogP contribution in [0, 0.1) is 0 Å². The Balaban J connectivity index is 0.000000664. The van der Waals surface area contributed by atoms with Crippen LogP contribution < -0.4 is 24.8 Å². The molecule has 0 heterocycles. The molecular formula is C41H47Cl2HfSi. The zero-order valence-corrected chi connectivity index (χ0v) is 33.7. The van der Waals surface area contributed by atoms with Gasteiger partial charge in [-0.3, -0.25) is 0 Å². The zero-order chi connectivity index (χ0) is 30.2. The fourth-order valence-electron chi connectivity index (χ4n) is 5.24. The average molecular weight is 817 g/mol. The fourth-order valence-corrected chi connectivity index (χ4v) is 5.24. The molecule has 0 amide bonds. The van der Waals surface area contributed by atoms with E-state index in [0.717, 1.165) is 12.8 Å². The standard InChI is InChI=1S/2C17H15.C6H14.CH3Si.2ClH.Hf/c2*1-2-13-11-15-9-6-10-16(17(15)12-13)14-7-4-3-5-8-14;1-3-5-6-4-2;1-2;;;/h2*3-12H,2H2,1H3;3-6H2,1-2H3;1H3;2*1H;/q2*-1;;;;;+4/p-2. The Hall–Kier alpha value is -2.23. The van der Waals surface area contributed by atoms with Gasteiger partial charge in [-0.15, -0.1) is 69.1 Å². The van der Waals surface area contributed by atoms with Crippen molar-refractivity contribution in [1.82, 2.24) is 0 Å².